The van der Waals surface area contributed by atoms with Gasteiger partial charge in [0.2, 0.25) is 5.91 Å². The molecule has 1 atom stereocenters. The average molecular weight is 278 g/mol. The Morgan fingerprint density at radius 3 is 2.93 bits per heavy atom. The highest BCUT2D eigenvalue weighted by molar-refractivity contribution is 9.09. The molecule has 1 N–H and O–H groups in total. The summed E-state index contributed by atoms with van der Waals surface area (Å²) in [6.45, 7) is 2.23. The van der Waals surface area contributed by atoms with Crippen molar-refractivity contribution in [2.45, 2.75) is 32.1 Å². The molecule has 15 heavy (non-hydrogen) atoms. The van der Waals surface area contributed by atoms with Gasteiger partial charge in [0, 0.05) is 18.5 Å². The molecule has 1 fully saturated rings. The van der Waals surface area contributed by atoms with Crippen molar-refractivity contribution < 1.29 is 9.53 Å². The summed E-state index contributed by atoms with van der Waals surface area (Å²) in [4.78, 5) is 11.6. The molecule has 1 unspecified atom stereocenters. The number of nitrogens with one attached hydrogen (secondary N) is 1. The molecule has 0 aliphatic carbocycles. The Hall–Kier alpha value is -0.0900. The van der Waals surface area contributed by atoms with Gasteiger partial charge in [-0.25, -0.2) is 0 Å². The molecule has 0 aromatic rings. The third-order valence-electron chi connectivity index (χ3n) is 2.64. The number of ether oxygens (including phenoxy) is 1. The average Bonchev–Trinajstić information content (AvgIpc) is 2.30. The van der Waals surface area contributed by atoms with E-state index in [1.165, 1.54) is 12.8 Å². The fourth-order valence-electron chi connectivity index (χ4n) is 1.70. The lowest BCUT2D eigenvalue weighted by Crippen LogP contribution is -2.36. The van der Waals surface area contributed by atoms with Crippen molar-refractivity contribution in [3.05, 3.63) is 0 Å². The second kappa shape index (κ2) is 8.11. The fourth-order valence-corrected chi connectivity index (χ4v) is 2.10. The minimum atomic E-state index is 0.0925. The van der Waals surface area contributed by atoms with Gasteiger partial charge in [-0.3, -0.25) is 4.79 Å². The van der Waals surface area contributed by atoms with Crippen LogP contribution in [0.25, 0.3) is 0 Å². The van der Waals surface area contributed by atoms with Gasteiger partial charge in [-0.1, -0.05) is 22.4 Å². The monoisotopic (exact) mass is 277 g/mol. The van der Waals surface area contributed by atoms with E-state index in [9.17, 15) is 4.79 Å². The first kappa shape index (κ1) is 13.0. The van der Waals surface area contributed by atoms with Crippen molar-refractivity contribution in [2.75, 3.05) is 25.1 Å². The van der Waals surface area contributed by atoms with Gasteiger partial charge < -0.3 is 10.1 Å². The van der Waals surface area contributed by atoms with Gasteiger partial charge in [-0.05, 0) is 25.7 Å². The van der Waals surface area contributed by atoms with Gasteiger partial charge in [0.25, 0.3) is 0 Å². The van der Waals surface area contributed by atoms with E-state index in [1.54, 1.807) is 0 Å². The molecule has 1 amide bonds. The summed E-state index contributed by atoms with van der Waals surface area (Å²) in [5, 5.41) is 4.03. The quantitative estimate of drug-likeness (QED) is 0.597. The van der Waals surface area contributed by atoms with Crippen LogP contribution >= 0.6 is 15.9 Å². The number of alkyl halides is 1. The minimum absolute atomic E-state index is 0.0925. The van der Waals surface area contributed by atoms with Gasteiger partial charge in [-0.2, -0.15) is 0 Å². The number of hydrogen-bond acceptors (Lipinski definition) is 2. The molecule has 0 radical (unpaired) electrons. The lowest BCUT2D eigenvalue weighted by atomic mass is 10.0. The van der Waals surface area contributed by atoms with Crippen LogP contribution in [-0.2, 0) is 9.53 Å². The zero-order valence-electron chi connectivity index (χ0n) is 9.14. The Balaban J connectivity index is 2.02. The molecule has 1 saturated heterocycles. The van der Waals surface area contributed by atoms with E-state index in [1.807, 2.05) is 0 Å². The topological polar surface area (TPSA) is 38.3 Å². The molecule has 0 aromatic heterocycles. The molecular formula is C11H20BrNO2. The zero-order chi connectivity index (χ0) is 10.9. The van der Waals surface area contributed by atoms with E-state index in [0.29, 0.717) is 6.61 Å². The first-order valence-electron chi connectivity index (χ1n) is 5.76. The van der Waals surface area contributed by atoms with Gasteiger partial charge in [-0.15, -0.1) is 0 Å². The highest BCUT2D eigenvalue weighted by Gasteiger charge is 2.20. The highest BCUT2D eigenvalue weighted by Crippen LogP contribution is 2.13. The van der Waals surface area contributed by atoms with E-state index in [-0.39, 0.29) is 11.8 Å². The largest absolute Gasteiger partial charge is 0.381 e. The van der Waals surface area contributed by atoms with Crippen molar-refractivity contribution in [1.82, 2.24) is 5.32 Å². The Morgan fingerprint density at radius 1 is 1.40 bits per heavy atom. The Morgan fingerprint density at radius 2 is 2.27 bits per heavy atom. The van der Waals surface area contributed by atoms with Crippen molar-refractivity contribution in [2.24, 2.45) is 5.92 Å². The molecule has 88 valence electrons. The standard InChI is InChI=1S/C11H20BrNO2/c12-6-2-1-3-7-13-11(14)10-5-4-8-15-9-10/h10H,1-9H2,(H,13,14). The van der Waals surface area contributed by atoms with Gasteiger partial charge in [0.1, 0.15) is 0 Å². The molecule has 1 rings (SSSR count). The maximum atomic E-state index is 11.6. The number of amides is 1. The smallest absolute Gasteiger partial charge is 0.225 e. The Kier molecular flexibility index (Phi) is 7.01. The zero-order valence-corrected chi connectivity index (χ0v) is 10.7. The summed E-state index contributed by atoms with van der Waals surface area (Å²) in [5.41, 5.74) is 0. The summed E-state index contributed by atoms with van der Waals surface area (Å²) in [6, 6.07) is 0. The van der Waals surface area contributed by atoms with Crippen LogP contribution in [0, 0.1) is 5.92 Å². The lowest BCUT2D eigenvalue weighted by Gasteiger charge is -2.21. The first-order valence-corrected chi connectivity index (χ1v) is 6.88. The van der Waals surface area contributed by atoms with Crippen molar-refractivity contribution in [3.63, 3.8) is 0 Å². The van der Waals surface area contributed by atoms with Crippen LogP contribution < -0.4 is 5.32 Å². The number of carbonyl (C=O) groups excluding carboxylic acids is 1. The molecule has 1 aliphatic heterocycles. The third-order valence-corrected chi connectivity index (χ3v) is 3.20. The SMILES string of the molecule is O=C(NCCCCCBr)C1CCCOC1. The highest BCUT2D eigenvalue weighted by atomic mass is 79.9. The molecule has 1 heterocycles. The van der Waals surface area contributed by atoms with Crippen molar-refractivity contribution in [3.8, 4) is 0 Å². The van der Waals surface area contributed by atoms with Gasteiger partial charge in [0.15, 0.2) is 0 Å². The minimum Gasteiger partial charge on any atom is -0.381 e. The van der Waals surface area contributed by atoms with Crippen molar-refractivity contribution in [1.29, 1.82) is 0 Å². The number of hydrogen-bond donors (Lipinski definition) is 1. The molecule has 4 heteroatoms. The van der Waals surface area contributed by atoms with Crippen LogP contribution in [0.4, 0.5) is 0 Å². The summed E-state index contributed by atoms with van der Waals surface area (Å²) in [6.07, 6.45) is 5.43. The van der Waals surface area contributed by atoms with E-state index >= 15 is 0 Å². The van der Waals surface area contributed by atoms with E-state index in [2.05, 4.69) is 21.2 Å². The second-order valence-electron chi connectivity index (χ2n) is 3.95. The summed E-state index contributed by atoms with van der Waals surface area (Å²) >= 11 is 3.39. The predicted molar refractivity (Wildman–Crippen MR) is 64.2 cm³/mol. The summed E-state index contributed by atoms with van der Waals surface area (Å²) in [5.74, 6) is 0.267. The van der Waals surface area contributed by atoms with Crippen LogP contribution in [0.1, 0.15) is 32.1 Å². The molecule has 0 aromatic carbocycles. The maximum absolute atomic E-state index is 11.6. The molecular weight excluding hydrogens is 258 g/mol. The van der Waals surface area contributed by atoms with Crippen LogP contribution in [0.2, 0.25) is 0 Å². The van der Waals surface area contributed by atoms with Gasteiger partial charge >= 0.3 is 0 Å². The van der Waals surface area contributed by atoms with Crippen LogP contribution in [0.3, 0.4) is 0 Å². The molecule has 0 bridgehead atoms. The number of halogens is 1. The number of carbonyl (C=O) groups is 1. The van der Waals surface area contributed by atoms with E-state index in [4.69, 9.17) is 4.74 Å². The molecule has 1 aliphatic rings. The summed E-state index contributed by atoms with van der Waals surface area (Å²) < 4.78 is 5.28. The van der Waals surface area contributed by atoms with Gasteiger partial charge in [0.05, 0.1) is 12.5 Å². The fraction of sp³-hybridized carbons (Fsp3) is 0.909. The number of rotatable bonds is 6. The van der Waals surface area contributed by atoms with Crippen molar-refractivity contribution >= 4 is 21.8 Å². The third kappa shape index (κ3) is 5.52. The lowest BCUT2D eigenvalue weighted by molar-refractivity contribution is -0.128. The van der Waals surface area contributed by atoms with E-state index in [0.717, 1.165) is 37.7 Å². The molecule has 0 spiro atoms. The second-order valence-corrected chi connectivity index (χ2v) is 4.75. The van der Waals surface area contributed by atoms with Crippen LogP contribution in [0.15, 0.2) is 0 Å². The van der Waals surface area contributed by atoms with E-state index < -0.39 is 0 Å². The summed E-state index contributed by atoms with van der Waals surface area (Å²) in [7, 11) is 0. The maximum Gasteiger partial charge on any atom is 0.225 e. The molecule has 3 nitrogen and oxygen atoms in total. The van der Waals surface area contributed by atoms with Crippen LogP contribution in [-0.4, -0.2) is 31.0 Å². The Labute approximate surface area is 100 Å². The molecule has 0 saturated carbocycles. The Bertz CT molecular complexity index is 181. The number of unbranched alkanes of at least 4 members (excludes halogenated alkanes) is 2. The first-order chi connectivity index (χ1) is 7.34. The predicted octanol–water partition coefficient (Wildman–Crippen LogP) is 2.09. The normalized spacial score (nSPS) is 21.3. The van der Waals surface area contributed by atoms with Crippen LogP contribution in [0.5, 0.6) is 0 Å².